The van der Waals surface area contributed by atoms with Crippen LogP contribution in [-0.4, -0.2) is 157 Å². The number of phenols is 1. The average Bonchev–Trinajstić information content (AvgIpc) is 0.823. The summed E-state index contributed by atoms with van der Waals surface area (Å²) in [5, 5.41) is 23.2. The number of nitrogens with zero attached hydrogens (tertiary/aromatic N) is 8. The number of halogens is 5. The molecule has 0 spiro atoms. The summed E-state index contributed by atoms with van der Waals surface area (Å²) in [7, 11) is -3.33. The van der Waals surface area contributed by atoms with Crippen molar-refractivity contribution in [1.82, 2.24) is 39.7 Å². The number of hydrogen-bond donors (Lipinski definition) is 5. The number of amides is 6. The number of anilines is 4. The van der Waals surface area contributed by atoms with Crippen LogP contribution in [0, 0.1) is 5.92 Å². The molecule has 0 saturated carbocycles. The number of nitrogens with one attached hydrogen (secondary N) is 4. The van der Waals surface area contributed by atoms with Crippen LogP contribution in [0.1, 0.15) is 87.4 Å². The number of benzene rings is 6. The van der Waals surface area contributed by atoms with Crippen molar-refractivity contribution in [2.24, 2.45) is 5.92 Å². The average molecular weight is 1730 g/mol. The van der Waals surface area contributed by atoms with Crippen molar-refractivity contribution in [3.8, 4) is 56.5 Å². The van der Waals surface area contributed by atoms with Crippen LogP contribution >= 0.6 is 58.0 Å². The standard InChI is InChI=1S/C24H25ClN2O4S.C22H19ClN4O3.C20H16Cl2N4O2.C20H17ClN2O4S/c1-16(2)14-31-23-12-17(7-8-18(23)15-32(3,29)30)24(28)27-19-9-10-21(25)20(13-19)22-6-4-5-11-26-22;23-18-6-5-16(13-17(18)19-3-1-2-8-24-19)26-21(28)15-4-7-20(25-14-15)22(29)27-9-11-30-12-10-27;1-26(2)20(28)17-9-7-13(18(22)25-17)19(27)24-12-6-8-15(21)14(11-12)16-5-3-4-10-23-16;1-28(26,27)12-14-6-5-13(10-19(14)24)20(25)23-15-7-8-17(21)16(11-15)18-4-2-3-9-22-18/h4-13,16H,14-15H2,1-3H3,(H,27,28);1-8,13-14H,9-12H2,(H,26,28);3-11H,1-2H3,(H,24,27);2-11,24H,12H2,1H3,(H,23,25). The van der Waals surface area contributed by atoms with Gasteiger partial charge in [-0.15, -0.1) is 0 Å². The fourth-order valence-electron chi connectivity index (χ4n) is 11.2. The first-order chi connectivity index (χ1) is 56.3. The molecular formula is C86H77Cl5N12O13S2. The molecule has 1 fully saturated rings. The summed E-state index contributed by atoms with van der Waals surface area (Å²) >= 11 is 31.2. The van der Waals surface area contributed by atoms with Gasteiger partial charge in [0, 0.05) is 138 Å². The molecule has 32 heteroatoms. The van der Waals surface area contributed by atoms with Gasteiger partial charge in [0.2, 0.25) is 0 Å². The van der Waals surface area contributed by atoms with Gasteiger partial charge in [0.05, 0.1) is 85.3 Å². The molecule has 1 aliphatic rings. The number of carbonyl (C=O) groups is 6. The molecule has 606 valence electrons. The van der Waals surface area contributed by atoms with Gasteiger partial charge in [0.25, 0.3) is 35.4 Å². The Labute approximate surface area is 706 Å². The molecule has 1 aliphatic heterocycles. The Balaban J connectivity index is 0.000000166. The summed E-state index contributed by atoms with van der Waals surface area (Å²) in [6.07, 6.45) is 10.3. The van der Waals surface area contributed by atoms with Crippen molar-refractivity contribution >= 4 is 136 Å². The zero-order chi connectivity index (χ0) is 84.8. The number of morpholine rings is 1. The van der Waals surface area contributed by atoms with Gasteiger partial charge in [-0.25, -0.2) is 21.8 Å². The Morgan fingerprint density at radius 2 is 0.864 bits per heavy atom. The molecule has 6 aromatic carbocycles. The van der Waals surface area contributed by atoms with E-state index in [4.69, 9.17) is 67.5 Å². The maximum atomic E-state index is 12.9. The molecule has 118 heavy (non-hydrogen) atoms. The third-order valence-electron chi connectivity index (χ3n) is 17.0. The lowest BCUT2D eigenvalue weighted by molar-refractivity contribution is 0.0299. The first-order valence-electron chi connectivity index (χ1n) is 36.1. The zero-order valence-electron chi connectivity index (χ0n) is 64.2. The second-order valence-electron chi connectivity index (χ2n) is 27.0. The molecule has 13 rings (SSSR count). The van der Waals surface area contributed by atoms with E-state index < -0.39 is 31.5 Å². The molecule has 0 unspecified atom stereocenters. The summed E-state index contributed by atoms with van der Waals surface area (Å²) in [4.78, 5) is 103. The van der Waals surface area contributed by atoms with Gasteiger partial charge < -0.3 is 45.6 Å². The van der Waals surface area contributed by atoms with Crippen molar-refractivity contribution in [3.63, 3.8) is 0 Å². The van der Waals surface area contributed by atoms with E-state index in [2.05, 4.69) is 51.2 Å². The minimum atomic E-state index is -3.30. The van der Waals surface area contributed by atoms with Crippen LogP contribution < -0.4 is 26.0 Å². The molecule has 6 aromatic heterocycles. The highest BCUT2D eigenvalue weighted by molar-refractivity contribution is 7.90. The van der Waals surface area contributed by atoms with Gasteiger partial charge in [-0.2, -0.15) is 0 Å². The highest BCUT2D eigenvalue weighted by Crippen LogP contribution is 2.35. The van der Waals surface area contributed by atoms with Crippen LogP contribution in [0.5, 0.6) is 11.5 Å². The zero-order valence-corrected chi connectivity index (χ0v) is 69.6. The van der Waals surface area contributed by atoms with Crippen LogP contribution in [0.25, 0.3) is 45.0 Å². The van der Waals surface area contributed by atoms with E-state index in [1.807, 2.05) is 80.6 Å². The first kappa shape index (κ1) is 88.3. The lowest BCUT2D eigenvalue weighted by Crippen LogP contribution is -2.41. The SMILES string of the molecule is CC(C)COc1cc(C(=O)Nc2ccc(Cl)c(-c3ccccn3)c2)ccc1CS(C)(=O)=O.CN(C)C(=O)c1ccc(C(=O)Nc2ccc(Cl)c(-c3ccccn3)c2)c(Cl)n1.CS(=O)(=O)Cc1ccc(C(=O)Nc2ccc(Cl)c(-c3ccccn3)c2)cc1O.O=C(Nc1ccc(Cl)c(-c2ccccn2)c1)c1ccc(C(=O)N2CCOCC2)nc1. The molecule has 25 nitrogen and oxygen atoms in total. The third-order valence-corrected chi connectivity index (χ3v) is 20.3. The molecule has 7 heterocycles. The molecule has 6 amide bonds. The summed E-state index contributed by atoms with van der Waals surface area (Å²) < 4.78 is 57.4. The molecular weight excluding hydrogens is 1650 g/mol. The second kappa shape index (κ2) is 41.2. The highest BCUT2D eigenvalue weighted by Gasteiger charge is 2.24. The normalized spacial score (nSPS) is 11.7. The Morgan fingerprint density at radius 3 is 1.24 bits per heavy atom. The molecule has 0 aliphatic carbocycles. The van der Waals surface area contributed by atoms with Gasteiger partial charge in [0.1, 0.15) is 28.0 Å². The summed E-state index contributed by atoms with van der Waals surface area (Å²) in [5.41, 5.74) is 10.0. The van der Waals surface area contributed by atoms with E-state index in [1.165, 1.54) is 47.7 Å². The van der Waals surface area contributed by atoms with Crippen molar-refractivity contribution < 1.29 is 60.2 Å². The van der Waals surface area contributed by atoms with Gasteiger partial charge in [-0.05, 0) is 176 Å². The number of phenolic OH excluding ortho intramolecular Hbond substituents is 1. The van der Waals surface area contributed by atoms with E-state index in [0.29, 0.717) is 143 Å². The van der Waals surface area contributed by atoms with Crippen LogP contribution in [0.15, 0.2) is 237 Å². The summed E-state index contributed by atoms with van der Waals surface area (Å²) in [5.74, 6) is -2.11. The van der Waals surface area contributed by atoms with Crippen LogP contribution in [0.4, 0.5) is 22.7 Å². The number of pyridine rings is 6. The van der Waals surface area contributed by atoms with Gasteiger partial charge in [-0.3, -0.25) is 53.7 Å². The maximum absolute atomic E-state index is 12.9. The van der Waals surface area contributed by atoms with Crippen LogP contribution in [0.2, 0.25) is 25.2 Å². The summed E-state index contributed by atoms with van der Waals surface area (Å²) in [6.45, 7) is 6.52. The molecule has 0 atom stereocenters. The highest BCUT2D eigenvalue weighted by atomic mass is 35.5. The lowest BCUT2D eigenvalue weighted by Gasteiger charge is -2.26. The van der Waals surface area contributed by atoms with Gasteiger partial charge >= 0.3 is 0 Å². The Kier molecular flexibility index (Phi) is 30.8. The number of aromatic hydroxyl groups is 1. The Morgan fingerprint density at radius 1 is 0.475 bits per heavy atom. The van der Waals surface area contributed by atoms with E-state index in [9.17, 15) is 50.7 Å². The second-order valence-corrected chi connectivity index (χ2v) is 33.3. The number of ether oxygens (including phenoxy) is 2. The largest absolute Gasteiger partial charge is 0.508 e. The van der Waals surface area contributed by atoms with Crippen molar-refractivity contribution in [1.29, 1.82) is 0 Å². The Hall–Kier alpha value is -12.1. The van der Waals surface area contributed by atoms with Crippen molar-refractivity contribution in [2.75, 3.05) is 80.8 Å². The monoisotopic (exact) mass is 1720 g/mol. The minimum absolute atomic E-state index is 0.0517. The fraction of sp³-hybridized carbons (Fsp3) is 0.163. The number of hydrogen-bond acceptors (Lipinski definition) is 19. The lowest BCUT2D eigenvalue weighted by atomic mass is 10.1. The van der Waals surface area contributed by atoms with E-state index >= 15 is 0 Å². The van der Waals surface area contributed by atoms with E-state index in [0.717, 1.165) is 11.8 Å². The number of sulfone groups is 2. The number of rotatable bonds is 21. The molecule has 0 bridgehead atoms. The van der Waals surface area contributed by atoms with E-state index in [1.54, 1.807) is 153 Å². The van der Waals surface area contributed by atoms with Gasteiger partial charge in [0.15, 0.2) is 19.7 Å². The predicted molar refractivity (Wildman–Crippen MR) is 461 cm³/mol. The maximum Gasteiger partial charge on any atom is 0.272 e. The smallest absolute Gasteiger partial charge is 0.272 e. The number of aromatic nitrogens is 6. The topological polar surface area (TPSA) is 341 Å². The third kappa shape index (κ3) is 25.5. The predicted octanol–water partition coefficient (Wildman–Crippen LogP) is 17.1. The minimum Gasteiger partial charge on any atom is -0.508 e. The van der Waals surface area contributed by atoms with E-state index in [-0.39, 0.29) is 74.3 Å². The molecule has 0 radical (unpaired) electrons. The number of carbonyl (C=O) groups excluding carboxylic acids is 6. The Bertz CT molecular complexity index is 5870. The van der Waals surface area contributed by atoms with Crippen LogP contribution in [0.3, 0.4) is 0 Å². The first-order valence-corrected chi connectivity index (χ1v) is 42.1. The molecule has 5 N–H and O–H groups in total. The summed E-state index contributed by atoms with van der Waals surface area (Å²) in [6, 6.07) is 57.5. The van der Waals surface area contributed by atoms with Crippen LogP contribution in [-0.2, 0) is 35.9 Å². The van der Waals surface area contributed by atoms with Crippen molar-refractivity contribution in [3.05, 3.63) is 307 Å². The van der Waals surface area contributed by atoms with Gasteiger partial charge in [-0.1, -0.05) is 108 Å². The quantitative estimate of drug-likeness (QED) is 0.0417. The molecule has 1 saturated heterocycles. The van der Waals surface area contributed by atoms with Crippen molar-refractivity contribution in [2.45, 2.75) is 25.4 Å². The fourth-order valence-corrected chi connectivity index (χ4v) is 13.9. The molecule has 12 aromatic rings.